The van der Waals surface area contributed by atoms with Gasteiger partial charge in [0.25, 0.3) is 15.9 Å². The van der Waals surface area contributed by atoms with E-state index in [-0.39, 0.29) is 48.8 Å². The van der Waals surface area contributed by atoms with Gasteiger partial charge in [0.15, 0.2) is 0 Å². The van der Waals surface area contributed by atoms with Crippen molar-refractivity contribution in [2.24, 2.45) is 5.92 Å². The number of allylic oxidation sites excluding steroid dienone is 1. The van der Waals surface area contributed by atoms with E-state index in [1.807, 2.05) is 26.8 Å². The monoisotopic (exact) mass is 814 g/mol. The molecule has 3 N–H and O–H groups in total. The zero-order chi connectivity index (χ0) is 40.6. The summed E-state index contributed by atoms with van der Waals surface area (Å²) in [4.78, 5) is 73.4. The molecule has 5 atom stereocenters. The maximum atomic E-state index is 14.5. The Morgan fingerprint density at radius 3 is 2.52 bits per heavy atom. The predicted octanol–water partition coefficient (Wildman–Crippen LogP) is 4.61. The number of rotatable bonds is 5. The number of halogens is 2. The number of nitrogens with one attached hydrogen (secondary N) is 3. The number of urea groups is 1. The lowest BCUT2D eigenvalue weighted by molar-refractivity contribution is -0.141. The lowest BCUT2D eigenvalue weighted by Gasteiger charge is -2.35. The second kappa shape index (κ2) is 16.0. The minimum Gasteiger partial charge on any atom is -0.444 e. The van der Waals surface area contributed by atoms with Crippen LogP contribution < -0.4 is 15.4 Å². The number of sulfonamides is 1. The Kier molecular flexibility index (Phi) is 11.7. The minimum absolute atomic E-state index is 0.0147. The Bertz CT molecular complexity index is 2040. The largest absolute Gasteiger partial charge is 0.444 e. The molecule has 0 aromatic heterocycles. The maximum absolute atomic E-state index is 14.5. The number of fused-ring (bicyclic) bond motifs is 3. The van der Waals surface area contributed by atoms with E-state index in [1.54, 1.807) is 31.3 Å². The third-order valence-corrected chi connectivity index (χ3v) is 12.9. The van der Waals surface area contributed by atoms with Crippen LogP contribution in [0.15, 0.2) is 59.5 Å². The molecule has 2 fully saturated rings. The third kappa shape index (κ3) is 8.65. The first kappa shape index (κ1) is 40.9. The molecule has 0 bridgehead atoms. The topological polar surface area (TPSA) is 175 Å². The summed E-state index contributed by atoms with van der Waals surface area (Å²) in [6, 6.07) is 7.43. The highest BCUT2D eigenvalue weighted by atomic mass is 35.5. The van der Waals surface area contributed by atoms with Crippen LogP contribution in [-0.4, -0.2) is 95.8 Å². The molecule has 4 aliphatic rings. The van der Waals surface area contributed by atoms with Gasteiger partial charge in [-0.3, -0.25) is 19.3 Å². The molecule has 0 radical (unpaired) electrons. The van der Waals surface area contributed by atoms with Crippen LogP contribution in [0, 0.1) is 11.7 Å². The summed E-state index contributed by atoms with van der Waals surface area (Å²) in [5.41, 5.74) is -1.23. The van der Waals surface area contributed by atoms with Crippen molar-refractivity contribution in [2.75, 3.05) is 13.6 Å². The van der Waals surface area contributed by atoms with Crippen molar-refractivity contribution in [3.05, 3.63) is 76.6 Å². The van der Waals surface area contributed by atoms with E-state index in [1.165, 1.54) is 39.0 Å². The number of carbonyl (C=O) groups is 5. The molecule has 14 nitrogen and oxygen atoms in total. The number of amides is 6. The fraction of sp³-hybridized carbons (Fsp3) is 0.513. The van der Waals surface area contributed by atoms with Gasteiger partial charge >= 0.3 is 12.1 Å². The van der Waals surface area contributed by atoms with Gasteiger partial charge in [0.05, 0.1) is 18.1 Å². The number of hydrogen-bond acceptors (Lipinski definition) is 8. The lowest BCUT2D eigenvalue weighted by atomic mass is 10.0. The molecule has 6 rings (SSSR count). The van der Waals surface area contributed by atoms with Gasteiger partial charge in [-0.1, -0.05) is 60.9 Å². The third-order valence-electron chi connectivity index (χ3n) is 11.1. The standard InChI is InChI=1S/C39H48ClFN6O8S/c1-38(2,3)45(4)36(51)42-30-17-9-7-5-6-8-14-25-20-39(25,35(50)44-56(53,54)32-18-11-10-15-28(32)40)43-33(48)31-19-26(22-47(31)34(30)49)55-37(52)46-21-24-13-12-16-29(41)27(24)23-46/h8,10-16,18,25-26,30-31H,5-7,9,17,19-23H2,1-4H3,(H,42,51)(H,43,48)(H,44,50)/b14-8-/t25-,26-,30+,31+,39-/m1/s1. The summed E-state index contributed by atoms with van der Waals surface area (Å²) in [5.74, 6) is -3.31. The predicted molar refractivity (Wildman–Crippen MR) is 204 cm³/mol. The number of nitrogens with zero attached hydrogens (tertiary/aromatic N) is 3. The number of carbonyl (C=O) groups excluding carboxylic acids is 5. The molecule has 1 saturated carbocycles. The van der Waals surface area contributed by atoms with Crippen molar-refractivity contribution in [1.82, 2.24) is 30.1 Å². The van der Waals surface area contributed by atoms with Crippen LogP contribution in [0.2, 0.25) is 5.02 Å². The molecule has 17 heteroatoms. The van der Waals surface area contributed by atoms with Crippen molar-refractivity contribution in [2.45, 2.75) is 113 Å². The molecule has 3 heterocycles. The van der Waals surface area contributed by atoms with Crippen LogP contribution in [0.1, 0.15) is 76.8 Å². The van der Waals surface area contributed by atoms with Crippen LogP contribution in [0.5, 0.6) is 0 Å². The number of hydrogen-bond donors (Lipinski definition) is 3. The van der Waals surface area contributed by atoms with Gasteiger partial charge in [-0.15, -0.1) is 0 Å². The first-order valence-corrected chi connectivity index (χ1v) is 20.6. The van der Waals surface area contributed by atoms with Crippen LogP contribution >= 0.6 is 11.6 Å². The van der Waals surface area contributed by atoms with E-state index in [0.717, 1.165) is 6.42 Å². The Morgan fingerprint density at radius 1 is 1.05 bits per heavy atom. The van der Waals surface area contributed by atoms with E-state index in [2.05, 4.69) is 15.4 Å². The summed E-state index contributed by atoms with van der Waals surface area (Å²) in [6.45, 7) is 5.44. The average Bonchev–Trinajstić information content (AvgIpc) is 3.42. The van der Waals surface area contributed by atoms with E-state index < -0.39 is 80.9 Å². The summed E-state index contributed by atoms with van der Waals surface area (Å²) >= 11 is 6.15. The molecule has 0 spiro atoms. The smallest absolute Gasteiger partial charge is 0.410 e. The molecule has 1 aliphatic carbocycles. The van der Waals surface area contributed by atoms with Gasteiger partial charge < -0.3 is 25.2 Å². The highest BCUT2D eigenvalue weighted by Gasteiger charge is 2.62. The quantitative estimate of drug-likeness (QED) is 0.367. The summed E-state index contributed by atoms with van der Waals surface area (Å²) in [7, 11) is -2.83. The average molecular weight is 815 g/mol. The Hall–Kier alpha value is -4.70. The van der Waals surface area contributed by atoms with Crippen LogP contribution in [0.3, 0.4) is 0 Å². The second-order valence-corrected chi connectivity index (χ2v) is 18.0. The van der Waals surface area contributed by atoms with Crippen molar-refractivity contribution in [3.8, 4) is 0 Å². The fourth-order valence-corrected chi connectivity index (χ4v) is 8.93. The molecule has 56 heavy (non-hydrogen) atoms. The van der Waals surface area contributed by atoms with Crippen LogP contribution in [-0.2, 0) is 42.2 Å². The van der Waals surface area contributed by atoms with Crippen molar-refractivity contribution >= 4 is 51.5 Å². The van der Waals surface area contributed by atoms with Gasteiger partial charge in [-0.2, -0.15) is 0 Å². The van der Waals surface area contributed by atoms with E-state index in [9.17, 15) is 36.8 Å². The molecule has 1 saturated heterocycles. The van der Waals surface area contributed by atoms with Gasteiger partial charge in [-0.25, -0.2) is 27.1 Å². The molecular weight excluding hydrogens is 767 g/mol. The molecular formula is C39H48ClFN6O8S. The Labute approximate surface area is 331 Å². The molecule has 2 aromatic rings. The molecule has 2 aromatic carbocycles. The maximum Gasteiger partial charge on any atom is 0.410 e. The molecule has 3 aliphatic heterocycles. The van der Waals surface area contributed by atoms with E-state index in [4.69, 9.17) is 16.3 Å². The van der Waals surface area contributed by atoms with E-state index >= 15 is 0 Å². The van der Waals surface area contributed by atoms with Gasteiger partial charge in [0, 0.05) is 37.0 Å². The normalized spacial score (nSPS) is 26.0. The summed E-state index contributed by atoms with van der Waals surface area (Å²) in [5, 5.41) is 5.54. The summed E-state index contributed by atoms with van der Waals surface area (Å²) < 4.78 is 49.1. The Balaban J connectivity index is 1.28. The van der Waals surface area contributed by atoms with Crippen LogP contribution in [0.25, 0.3) is 0 Å². The van der Waals surface area contributed by atoms with Gasteiger partial charge in [0.1, 0.15) is 34.4 Å². The molecule has 6 amide bonds. The minimum atomic E-state index is -4.45. The number of benzene rings is 2. The first-order valence-electron chi connectivity index (χ1n) is 18.8. The summed E-state index contributed by atoms with van der Waals surface area (Å²) in [6.07, 6.45) is 4.79. The van der Waals surface area contributed by atoms with Crippen molar-refractivity contribution < 1.29 is 41.5 Å². The van der Waals surface area contributed by atoms with Crippen LogP contribution in [0.4, 0.5) is 14.0 Å². The number of ether oxygens (including phenoxy) is 1. The van der Waals surface area contributed by atoms with E-state index in [0.29, 0.717) is 30.4 Å². The zero-order valence-corrected chi connectivity index (χ0v) is 33.4. The Morgan fingerprint density at radius 2 is 1.80 bits per heavy atom. The fourth-order valence-electron chi connectivity index (χ4n) is 7.37. The first-order chi connectivity index (χ1) is 26.4. The zero-order valence-electron chi connectivity index (χ0n) is 31.8. The molecule has 302 valence electrons. The van der Waals surface area contributed by atoms with Gasteiger partial charge in [0.2, 0.25) is 11.8 Å². The van der Waals surface area contributed by atoms with Crippen molar-refractivity contribution in [1.29, 1.82) is 0 Å². The van der Waals surface area contributed by atoms with Crippen molar-refractivity contribution in [3.63, 3.8) is 0 Å². The SMILES string of the molecule is CN(C(=O)N[C@H]1CCCCC/C=C\[C@@H]2C[C@@]2(C(=O)NS(=O)(=O)c2ccccc2Cl)NC(=O)[C@@H]2C[C@@H](OC(=O)N3Cc4cccc(F)c4C3)CN2C1=O)C(C)(C)C. The second-order valence-electron chi connectivity index (χ2n) is 15.9. The molecule has 0 unspecified atom stereocenters. The highest BCUT2D eigenvalue weighted by Crippen LogP contribution is 2.46. The lowest BCUT2D eigenvalue weighted by Crippen LogP contribution is -2.59. The highest BCUT2D eigenvalue weighted by molar-refractivity contribution is 7.90. The van der Waals surface area contributed by atoms with Gasteiger partial charge in [-0.05, 0) is 70.2 Å².